The molecule has 0 aromatic rings. The van der Waals surface area contributed by atoms with Gasteiger partial charge in [0.15, 0.2) is 12.6 Å². The third-order valence-electron chi connectivity index (χ3n) is 4.45. The molecule has 0 aromatic heterocycles. The highest BCUT2D eigenvalue weighted by atomic mass is 16.7. The fraction of sp³-hybridized carbons (Fsp3) is 1.00. The molecule has 2 rings (SSSR count). The third kappa shape index (κ3) is 4.51. The highest BCUT2D eigenvalue weighted by Gasteiger charge is 2.50. The van der Waals surface area contributed by atoms with Crippen molar-refractivity contribution in [2.45, 2.75) is 74.8 Å². The zero-order valence-corrected chi connectivity index (χ0v) is 14.4. The molecule has 0 saturated carbocycles. The minimum atomic E-state index is -1.69. The van der Waals surface area contributed by atoms with E-state index in [4.69, 9.17) is 18.9 Å². The predicted molar refractivity (Wildman–Crippen MR) is 82.6 cm³/mol. The van der Waals surface area contributed by atoms with E-state index in [-0.39, 0.29) is 6.61 Å². The molecule has 10 atom stereocenters. The van der Waals surface area contributed by atoms with Crippen LogP contribution in [0.5, 0.6) is 0 Å². The van der Waals surface area contributed by atoms with E-state index in [1.807, 2.05) is 6.92 Å². The van der Waals surface area contributed by atoms with Gasteiger partial charge in [-0.15, -0.1) is 0 Å². The predicted octanol–water partition coefficient (Wildman–Crippen LogP) is -3.96. The van der Waals surface area contributed by atoms with E-state index in [1.54, 1.807) is 0 Å². The van der Waals surface area contributed by atoms with Gasteiger partial charge in [-0.25, -0.2) is 0 Å². The summed E-state index contributed by atoms with van der Waals surface area (Å²) in [7, 11) is 0. The molecule has 2 aliphatic heterocycles. The molecule has 0 amide bonds. The number of hydrogen-bond donors (Lipinski definition) is 7. The third-order valence-corrected chi connectivity index (χ3v) is 4.45. The molecular formula is C15H28O11. The van der Waals surface area contributed by atoms with Crippen LogP contribution >= 0.6 is 0 Å². The number of aliphatic hydroxyl groups excluding tert-OH is 7. The Labute approximate surface area is 150 Å². The van der Waals surface area contributed by atoms with Crippen molar-refractivity contribution in [2.75, 3.05) is 19.8 Å². The Balaban J connectivity index is 2.09. The van der Waals surface area contributed by atoms with Crippen LogP contribution in [0, 0.1) is 0 Å². The van der Waals surface area contributed by atoms with Crippen molar-refractivity contribution in [1.29, 1.82) is 0 Å². The van der Waals surface area contributed by atoms with Gasteiger partial charge < -0.3 is 54.7 Å². The fourth-order valence-corrected chi connectivity index (χ4v) is 2.93. The quantitative estimate of drug-likeness (QED) is 0.228. The largest absolute Gasteiger partial charge is 0.394 e. The number of ether oxygens (including phenoxy) is 4. The first-order chi connectivity index (χ1) is 12.3. The number of rotatable bonds is 7. The molecule has 0 aliphatic carbocycles. The molecule has 0 radical (unpaired) electrons. The summed E-state index contributed by atoms with van der Waals surface area (Å²) in [6.07, 6.45) is -13.6. The van der Waals surface area contributed by atoms with Gasteiger partial charge in [0.05, 0.1) is 13.2 Å². The van der Waals surface area contributed by atoms with Crippen molar-refractivity contribution < 1.29 is 54.7 Å². The Bertz CT molecular complexity index is 420. The van der Waals surface area contributed by atoms with Crippen LogP contribution in [-0.2, 0) is 18.9 Å². The Kier molecular flexibility index (Phi) is 8.12. The van der Waals surface area contributed by atoms with E-state index in [9.17, 15) is 35.7 Å². The Morgan fingerprint density at radius 3 is 1.88 bits per heavy atom. The molecule has 0 bridgehead atoms. The number of hydrogen-bond acceptors (Lipinski definition) is 11. The summed E-state index contributed by atoms with van der Waals surface area (Å²) < 4.78 is 21.3. The lowest BCUT2D eigenvalue weighted by atomic mass is 9.97. The van der Waals surface area contributed by atoms with Gasteiger partial charge >= 0.3 is 0 Å². The van der Waals surface area contributed by atoms with Crippen LogP contribution in [0.25, 0.3) is 0 Å². The highest BCUT2D eigenvalue weighted by Crippen LogP contribution is 2.29. The van der Waals surface area contributed by atoms with E-state index in [2.05, 4.69) is 0 Å². The topological polar surface area (TPSA) is 179 Å². The molecule has 154 valence electrons. The molecule has 0 unspecified atom stereocenters. The molecule has 2 heterocycles. The zero-order valence-electron chi connectivity index (χ0n) is 14.4. The Morgan fingerprint density at radius 2 is 1.31 bits per heavy atom. The first-order valence-corrected chi connectivity index (χ1v) is 8.55. The Morgan fingerprint density at radius 1 is 0.731 bits per heavy atom. The standard InChI is InChI=1S/C15H28O11/c1-2-3-23-14-12(22)10(20)13(7(5-17)25-14)26-15-11(21)9(19)8(18)6(4-16)24-15/h6-22H,2-5H2,1H3/t6-,7-,8+,9+,10-,11-,12-,13+,14+,15+/m1/s1. The molecular weight excluding hydrogens is 356 g/mol. The van der Waals surface area contributed by atoms with Crippen LogP contribution < -0.4 is 0 Å². The van der Waals surface area contributed by atoms with E-state index in [1.165, 1.54) is 0 Å². The van der Waals surface area contributed by atoms with Crippen molar-refractivity contribution >= 4 is 0 Å². The first kappa shape index (κ1) is 21.9. The maximum atomic E-state index is 10.3. The number of aliphatic hydroxyl groups is 7. The van der Waals surface area contributed by atoms with E-state index >= 15 is 0 Å². The van der Waals surface area contributed by atoms with Gasteiger partial charge in [0.1, 0.15) is 48.8 Å². The van der Waals surface area contributed by atoms with Crippen molar-refractivity contribution in [3.05, 3.63) is 0 Å². The molecule has 2 fully saturated rings. The molecule has 11 nitrogen and oxygen atoms in total. The van der Waals surface area contributed by atoms with Crippen LogP contribution in [-0.4, -0.2) is 117 Å². The molecule has 7 N–H and O–H groups in total. The lowest BCUT2D eigenvalue weighted by molar-refractivity contribution is -0.359. The molecule has 0 spiro atoms. The highest BCUT2D eigenvalue weighted by molar-refractivity contribution is 4.94. The lowest BCUT2D eigenvalue weighted by Crippen LogP contribution is -2.64. The summed E-state index contributed by atoms with van der Waals surface area (Å²) >= 11 is 0. The van der Waals surface area contributed by atoms with Gasteiger partial charge in [-0.05, 0) is 6.42 Å². The van der Waals surface area contributed by atoms with Crippen molar-refractivity contribution in [3.8, 4) is 0 Å². The fourth-order valence-electron chi connectivity index (χ4n) is 2.93. The van der Waals surface area contributed by atoms with Crippen LogP contribution in [0.2, 0.25) is 0 Å². The minimum absolute atomic E-state index is 0.269. The summed E-state index contributed by atoms with van der Waals surface area (Å²) in [5.41, 5.74) is 0. The summed E-state index contributed by atoms with van der Waals surface area (Å²) in [5, 5.41) is 68.7. The van der Waals surface area contributed by atoms with Crippen molar-refractivity contribution in [2.24, 2.45) is 0 Å². The summed E-state index contributed by atoms with van der Waals surface area (Å²) in [5.74, 6) is 0. The van der Waals surface area contributed by atoms with E-state index < -0.39 is 74.6 Å². The summed E-state index contributed by atoms with van der Waals surface area (Å²) in [4.78, 5) is 0. The summed E-state index contributed by atoms with van der Waals surface area (Å²) in [6.45, 7) is 0.885. The average molecular weight is 384 g/mol. The monoisotopic (exact) mass is 384 g/mol. The second-order valence-corrected chi connectivity index (χ2v) is 6.38. The second kappa shape index (κ2) is 9.66. The maximum absolute atomic E-state index is 10.3. The van der Waals surface area contributed by atoms with Gasteiger partial charge in [0.25, 0.3) is 0 Å². The Hall–Kier alpha value is -0.440. The molecule has 2 aliphatic rings. The van der Waals surface area contributed by atoms with Crippen LogP contribution in [0.1, 0.15) is 13.3 Å². The van der Waals surface area contributed by atoms with E-state index in [0.29, 0.717) is 6.42 Å². The van der Waals surface area contributed by atoms with Gasteiger partial charge in [0.2, 0.25) is 0 Å². The lowest BCUT2D eigenvalue weighted by Gasteiger charge is -2.45. The normalized spacial score (nSPS) is 47.1. The van der Waals surface area contributed by atoms with Crippen LogP contribution in [0.15, 0.2) is 0 Å². The van der Waals surface area contributed by atoms with Crippen LogP contribution in [0.3, 0.4) is 0 Å². The van der Waals surface area contributed by atoms with Gasteiger partial charge in [0, 0.05) is 6.61 Å². The summed E-state index contributed by atoms with van der Waals surface area (Å²) in [6, 6.07) is 0. The minimum Gasteiger partial charge on any atom is -0.394 e. The SMILES string of the molecule is CCCO[C@H]1O[C@H](CO)[C@H](O[C@@H]2O[C@H](CO)[C@H](O)[C@H](O)[C@H]2O)[C@H](O)[C@H]1O. The van der Waals surface area contributed by atoms with Gasteiger partial charge in [-0.3, -0.25) is 0 Å². The second-order valence-electron chi connectivity index (χ2n) is 6.38. The molecule has 0 aromatic carbocycles. The van der Waals surface area contributed by atoms with Gasteiger partial charge in [-0.1, -0.05) is 6.92 Å². The maximum Gasteiger partial charge on any atom is 0.187 e. The molecule has 26 heavy (non-hydrogen) atoms. The van der Waals surface area contributed by atoms with Crippen molar-refractivity contribution in [3.63, 3.8) is 0 Å². The smallest absolute Gasteiger partial charge is 0.187 e. The first-order valence-electron chi connectivity index (χ1n) is 8.55. The van der Waals surface area contributed by atoms with Crippen LogP contribution in [0.4, 0.5) is 0 Å². The van der Waals surface area contributed by atoms with E-state index in [0.717, 1.165) is 0 Å². The zero-order chi connectivity index (χ0) is 19.4. The molecule has 11 heteroatoms. The van der Waals surface area contributed by atoms with Gasteiger partial charge in [-0.2, -0.15) is 0 Å². The average Bonchev–Trinajstić information content (AvgIpc) is 2.64. The van der Waals surface area contributed by atoms with Crippen molar-refractivity contribution in [1.82, 2.24) is 0 Å². The molecule has 2 saturated heterocycles.